The number of halogens is 1. The van der Waals surface area contributed by atoms with E-state index in [1.165, 1.54) is 23.9 Å². The molecule has 1 unspecified atom stereocenters. The van der Waals surface area contributed by atoms with Gasteiger partial charge < -0.3 is 5.32 Å². The molecule has 1 aliphatic heterocycles. The zero-order chi connectivity index (χ0) is 19.7. The van der Waals surface area contributed by atoms with Crippen LogP contribution in [0.25, 0.3) is 0 Å². The van der Waals surface area contributed by atoms with Crippen molar-refractivity contribution in [3.63, 3.8) is 0 Å². The largest absolute Gasteiger partial charge is 0.304 e. The van der Waals surface area contributed by atoms with Gasteiger partial charge >= 0.3 is 0 Å². The molecule has 3 rings (SSSR count). The Labute approximate surface area is 162 Å². The van der Waals surface area contributed by atoms with Crippen molar-refractivity contribution in [2.24, 2.45) is 4.99 Å². The highest BCUT2D eigenvalue weighted by Gasteiger charge is 2.44. The maximum atomic E-state index is 13.2. The summed E-state index contributed by atoms with van der Waals surface area (Å²) in [6, 6.07) is 15.8. The Balaban J connectivity index is 1.86. The third-order valence-corrected chi connectivity index (χ3v) is 5.89. The van der Waals surface area contributed by atoms with Gasteiger partial charge in [-0.1, -0.05) is 48.2 Å². The van der Waals surface area contributed by atoms with Crippen LogP contribution in [0, 0.1) is 17.1 Å². The number of hydrogen-bond donors (Lipinski definition) is 1. The third kappa shape index (κ3) is 3.88. The van der Waals surface area contributed by atoms with Gasteiger partial charge in [-0.15, -0.1) is 0 Å². The standard InChI is InChI=1S/C21H20FN3OS/c1-20(2,15-8-10-17(22)11-9-15)25-19-24-18(26)21(3,27-19)16-6-4-14(5-7-16)12-13-23/h4-11H,12H2,1-3H3,(H,24,25,26). The molecule has 0 spiro atoms. The lowest BCUT2D eigenvalue weighted by Crippen LogP contribution is -2.32. The second-order valence-electron chi connectivity index (χ2n) is 7.10. The van der Waals surface area contributed by atoms with Gasteiger partial charge in [-0.3, -0.25) is 9.79 Å². The first-order valence-electron chi connectivity index (χ1n) is 8.57. The number of benzene rings is 2. The highest BCUT2D eigenvalue weighted by atomic mass is 32.2. The molecule has 1 heterocycles. The topological polar surface area (TPSA) is 65.2 Å². The molecule has 2 aromatic carbocycles. The number of nitrogens with zero attached hydrogens (tertiary/aromatic N) is 2. The summed E-state index contributed by atoms with van der Waals surface area (Å²) in [5, 5.41) is 12.2. The van der Waals surface area contributed by atoms with Crippen LogP contribution in [-0.4, -0.2) is 11.1 Å². The summed E-state index contributed by atoms with van der Waals surface area (Å²) in [5.74, 6) is -0.424. The van der Waals surface area contributed by atoms with Crippen LogP contribution in [0.5, 0.6) is 0 Å². The van der Waals surface area contributed by atoms with Gasteiger partial charge in [-0.05, 0) is 49.6 Å². The SMILES string of the molecule is CC(C)(N=C1NC(=O)C(C)(c2ccc(CC#N)cc2)S1)c1ccc(F)cc1. The van der Waals surface area contributed by atoms with Crippen molar-refractivity contribution in [3.8, 4) is 6.07 Å². The summed E-state index contributed by atoms with van der Waals surface area (Å²) in [6.07, 6.45) is 0.342. The molecule has 1 fully saturated rings. The molecule has 0 bridgehead atoms. The minimum atomic E-state index is -0.789. The Hall–Kier alpha value is -2.65. The first kappa shape index (κ1) is 19.1. The van der Waals surface area contributed by atoms with Crippen LogP contribution in [-0.2, 0) is 21.5 Å². The van der Waals surface area contributed by atoms with Crippen molar-refractivity contribution < 1.29 is 9.18 Å². The van der Waals surface area contributed by atoms with Crippen LogP contribution < -0.4 is 5.32 Å². The van der Waals surface area contributed by atoms with E-state index in [1.807, 2.05) is 45.0 Å². The van der Waals surface area contributed by atoms with Gasteiger partial charge in [0.1, 0.15) is 10.6 Å². The third-order valence-electron chi connectivity index (χ3n) is 4.67. The molecular formula is C21H20FN3OS. The van der Waals surface area contributed by atoms with Gasteiger partial charge in [0.2, 0.25) is 5.91 Å². The van der Waals surface area contributed by atoms with E-state index in [-0.39, 0.29) is 11.7 Å². The van der Waals surface area contributed by atoms with Crippen molar-refractivity contribution in [2.45, 2.75) is 37.5 Å². The van der Waals surface area contributed by atoms with Crippen LogP contribution in [0.2, 0.25) is 0 Å². The van der Waals surface area contributed by atoms with Crippen LogP contribution in [0.3, 0.4) is 0 Å². The normalized spacial score (nSPS) is 21.1. The number of hydrogen-bond acceptors (Lipinski definition) is 4. The van der Waals surface area contributed by atoms with Crippen molar-refractivity contribution in [3.05, 3.63) is 71.0 Å². The predicted octanol–water partition coefficient (Wildman–Crippen LogP) is 4.26. The van der Waals surface area contributed by atoms with Gasteiger partial charge in [0, 0.05) is 0 Å². The van der Waals surface area contributed by atoms with E-state index in [4.69, 9.17) is 10.3 Å². The van der Waals surface area contributed by atoms with E-state index in [0.717, 1.165) is 16.7 Å². The Kier molecular flexibility index (Phi) is 5.07. The first-order chi connectivity index (χ1) is 12.7. The highest BCUT2D eigenvalue weighted by Crippen LogP contribution is 2.42. The molecule has 0 aliphatic carbocycles. The van der Waals surface area contributed by atoms with E-state index in [0.29, 0.717) is 11.6 Å². The van der Waals surface area contributed by atoms with E-state index in [9.17, 15) is 9.18 Å². The average Bonchev–Trinajstić information content (AvgIpc) is 2.90. The lowest BCUT2D eigenvalue weighted by molar-refractivity contribution is -0.121. The Morgan fingerprint density at radius 2 is 1.81 bits per heavy atom. The Morgan fingerprint density at radius 1 is 1.19 bits per heavy atom. The first-order valence-corrected chi connectivity index (χ1v) is 9.39. The fraction of sp³-hybridized carbons (Fsp3) is 0.286. The summed E-state index contributed by atoms with van der Waals surface area (Å²) < 4.78 is 12.4. The fourth-order valence-electron chi connectivity index (χ4n) is 2.93. The molecule has 1 N–H and O–H groups in total. The van der Waals surface area contributed by atoms with Crippen molar-refractivity contribution in [1.82, 2.24) is 5.32 Å². The molecular weight excluding hydrogens is 361 g/mol. The van der Waals surface area contributed by atoms with Gasteiger partial charge in [0.05, 0.1) is 18.0 Å². The molecule has 1 atom stereocenters. The quantitative estimate of drug-likeness (QED) is 0.860. The minimum absolute atomic E-state index is 0.130. The van der Waals surface area contributed by atoms with Crippen molar-refractivity contribution >= 4 is 22.8 Å². The number of nitriles is 1. The lowest BCUT2D eigenvalue weighted by atomic mass is 9.95. The molecule has 0 aromatic heterocycles. The molecule has 0 radical (unpaired) electrons. The van der Waals surface area contributed by atoms with Crippen LogP contribution in [0.1, 0.15) is 37.5 Å². The number of aliphatic imine (C=N–C) groups is 1. The van der Waals surface area contributed by atoms with E-state index < -0.39 is 10.3 Å². The summed E-state index contributed by atoms with van der Waals surface area (Å²) in [7, 11) is 0. The minimum Gasteiger partial charge on any atom is -0.304 e. The highest BCUT2D eigenvalue weighted by molar-refractivity contribution is 8.15. The van der Waals surface area contributed by atoms with Gasteiger partial charge in [0.15, 0.2) is 5.17 Å². The summed E-state index contributed by atoms with van der Waals surface area (Å²) in [4.78, 5) is 17.4. The number of carbonyl (C=O) groups is 1. The van der Waals surface area contributed by atoms with E-state index in [1.54, 1.807) is 12.1 Å². The lowest BCUT2D eigenvalue weighted by Gasteiger charge is -2.22. The molecule has 6 heteroatoms. The number of amides is 1. The average molecular weight is 381 g/mol. The Bertz CT molecular complexity index is 929. The van der Waals surface area contributed by atoms with Gasteiger partial charge in [0.25, 0.3) is 0 Å². The maximum Gasteiger partial charge on any atom is 0.246 e. The molecule has 27 heavy (non-hydrogen) atoms. The van der Waals surface area contributed by atoms with E-state index >= 15 is 0 Å². The molecule has 4 nitrogen and oxygen atoms in total. The molecule has 0 saturated carbocycles. The Morgan fingerprint density at radius 3 is 2.41 bits per heavy atom. The molecule has 1 amide bonds. The van der Waals surface area contributed by atoms with Crippen molar-refractivity contribution in [2.75, 3.05) is 0 Å². The maximum absolute atomic E-state index is 13.2. The fourth-order valence-corrected chi connectivity index (χ4v) is 4.13. The number of carbonyl (C=O) groups excluding carboxylic acids is 1. The zero-order valence-electron chi connectivity index (χ0n) is 15.4. The monoisotopic (exact) mass is 381 g/mol. The second kappa shape index (κ2) is 7.16. The molecule has 1 aliphatic rings. The second-order valence-corrected chi connectivity index (χ2v) is 8.51. The van der Waals surface area contributed by atoms with Gasteiger partial charge in [-0.25, -0.2) is 4.39 Å². The van der Waals surface area contributed by atoms with Crippen LogP contribution in [0.15, 0.2) is 53.5 Å². The summed E-state index contributed by atoms with van der Waals surface area (Å²) in [6.45, 7) is 5.71. The summed E-state index contributed by atoms with van der Waals surface area (Å²) >= 11 is 1.37. The predicted molar refractivity (Wildman–Crippen MR) is 106 cm³/mol. The van der Waals surface area contributed by atoms with Crippen LogP contribution in [0.4, 0.5) is 4.39 Å². The van der Waals surface area contributed by atoms with E-state index in [2.05, 4.69) is 11.4 Å². The molecule has 1 saturated heterocycles. The van der Waals surface area contributed by atoms with Crippen molar-refractivity contribution in [1.29, 1.82) is 5.26 Å². The smallest absolute Gasteiger partial charge is 0.246 e. The number of rotatable bonds is 4. The number of nitrogens with one attached hydrogen (secondary N) is 1. The van der Waals surface area contributed by atoms with Gasteiger partial charge in [-0.2, -0.15) is 5.26 Å². The zero-order valence-corrected chi connectivity index (χ0v) is 16.2. The summed E-state index contributed by atoms with van der Waals surface area (Å²) in [5.41, 5.74) is 2.03. The molecule has 2 aromatic rings. The number of amidine groups is 1. The molecule has 138 valence electrons. The number of thioether (sulfide) groups is 1. The van der Waals surface area contributed by atoms with Crippen LogP contribution >= 0.6 is 11.8 Å².